The molecule has 1 N–H and O–H groups in total. The van der Waals surface area contributed by atoms with Crippen molar-refractivity contribution in [1.82, 2.24) is 15.1 Å². The molecule has 1 aliphatic carbocycles. The molecule has 1 saturated carbocycles. The summed E-state index contributed by atoms with van der Waals surface area (Å²) in [4.78, 5) is 16.6. The molecule has 0 aromatic rings. The van der Waals surface area contributed by atoms with E-state index in [0.717, 1.165) is 32.2 Å². The maximum absolute atomic E-state index is 12.1. The van der Waals surface area contributed by atoms with Crippen molar-refractivity contribution in [3.05, 3.63) is 0 Å². The highest BCUT2D eigenvalue weighted by Crippen LogP contribution is 2.40. The number of nitrogens with one attached hydrogen (secondary N) is 1. The van der Waals surface area contributed by atoms with Crippen LogP contribution in [-0.4, -0.2) is 65.3 Å². The maximum atomic E-state index is 12.1. The lowest BCUT2D eigenvalue weighted by molar-refractivity contribution is -0.0944. The van der Waals surface area contributed by atoms with Gasteiger partial charge in [0.2, 0.25) is 0 Å². The predicted octanol–water partition coefficient (Wildman–Crippen LogP) is 1.43. The Kier molecular flexibility index (Phi) is 3.25. The van der Waals surface area contributed by atoms with Crippen molar-refractivity contribution in [2.24, 2.45) is 0 Å². The first-order chi connectivity index (χ1) is 9.31. The van der Waals surface area contributed by atoms with Gasteiger partial charge in [0.1, 0.15) is 5.60 Å². The van der Waals surface area contributed by atoms with E-state index < -0.39 is 5.60 Å². The minimum absolute atomic E-state index is 0.149. The Morgan fingerprint density at radius 1 is 1.30 bits per heavy atom. The highest BCUT2D eigenvalue weighted by molar-refractivity contribution is 5.70. The van der Waals surface area contributed by atoms with Crippen LogP contribution in [0.15, 0.2) is 0 Å². The van der Waals surface area contributed by atoms with Gasteiger partial charge in [-0.1, -0.05) is 0 Å². The highest BCUT2D eigenvalue weighted by atomic mass is 16.6. The van der Waals surface area contributed by atoms with Crippen molar-refractivity contribution in [3.63, 3.8) is 0 Å². The molecule has 114 valence electrons. The molecule has 3 rings (SSSR count). The van der Waals surface area contributed by atoms with Crippen molar-refractivity contribution in [2.75, 3.05) is 26.2 Å². The molecule has 1 spiro atoms. The van der Waals surface area contributed by atoms with Crippen LogP contribution in [0.4, 0.5) is 4.79 Å². The van der Waals surface area contributed by atoms with Crippen LogP contribution < -0.4 is 5.32 Å². The molecule has 3 fully saturated rings. The van der Waals surface area contributed by atoms with Crippen LogP contribution >= 0.6 is 0 Å². The Morgan fingerprint density at radius 3 is 2.50 bits per heavy atom. The van der Waals surface area contributed by atoms with Crippen molar-refractivity contribution in [2.45, 2.75) is 63.8 Å². The zero-order valence-electron chi connectivity index (χ0n) is 13.1. The second-order valence-electron chi connectivity index (χ2n) is 7.68. The van der Waals surface area contributed by atoms with E-state index in [-0.39, 0.29) is 11.6 Å². The lowest BCUT2D eigenvalue weighted by atomic mass is 9.84. The Bertz CT molecular complexity index is 394. The number of nitrogens with zero attached hydrogens (tertiary/aromatic N) is 2. The third-order valence-corrected chi connectivity index (χ3v) is 4.48. The van der Waals surface area contributed by atoms with Gasteiger partial charge in [-0.25, -0.2) is 4.79 Å². The number of ether oxygens (including phenoxy) is 1. The number of hydrogen-bond donors (Lipinski definition) is 1. The summed E-state index contributed by atoms with van der Waals surface area (Å²) in [5, 5.41) is 3.53. The number of amides is 1. The second-order valence-corrected chi connectivity index (χ2v) is 7.68. The first-order valence-electron chi connectivity index (χ1n) is 7.78. The quantitative estimate of drug-likeness (QED) is 0.790. The fourth-order valence-corrected chi connectivity index (χ4v) is 3.67. The van der Waals surface area contributed by atoms with Crippen molar-refractivity contribution in [3.8, 4) is 0 Å². The number of rotatable bonds is 1. The Balaban J connectivity index is 1.63. The molecule has 0 radical (unpaired) electrons. The maximum Gasteiger partial charge on any atom is 0.410 e. The SMILES string of the molecule is C[C@@H]1CNCC2(CN(C(=O)OC(C)(C)C)C2)N1C1CC1. The standard InChI is InChI=1S/C15H27N3O2/c1-11-7-16-8-15(18(11)12-5-6-12)9-17(10-15)13(19)20-14(2,3)4/h11-12,16H,5-10H2,1-4H3/t11-/m1/s1. The van der Waals surface area contributed by atoms with Gasteiger partial charge in [0.05, 0.1) is 5.54 Å². The number of carbonyl (C=O) groups is 1. The summed E-state index contributed by atoms with van der Waals surface area (Å²) in [5.74, 6) is 0. The Morgan fingerprint density at radius 2 is 1.95 bits per heavy atom. The first-order valence-corrected chi connectivity index (χ1v) is 7.78. The lowest BCUT2D eigenvalue weighted by Crippen LogP contribution is -2.79. The average Bonchev–Trinajstić information content (AvgIpc) is 3.06. The topological polar surface area (TPSA) is 44.8 Å². The van der Waals surface area contributed by atoms with E-state index in [4.69, 9.17) is 4.74 Å². The van der Waals surface area contributed by atoms with Gasteiger partial charge in [-0.05, 0) is 40.5 Å². The zero-order valence-corrected chi connectivity index (χ0v) is 13.1. The van der Waals surface area contributed by atoms with Gasteiger partial charge in [-0.2, -0.15) is 0 Å². The number of piperazine rings is 1. The molecular weight excluding hydrogens is 254 g/mol. The van der Waals surface area contributed by atoms with Crippen LogP contribution in [-0.2, 0) is 4.74 Å². The minimum Gasteiger partial charge on any atom is -0.444 e. The zero-order chi connectivity index (χ0) is 14.5. The molecule has 1 atom stereocenters. The highest BCUT2D eigenvalue weighted by Gasteiger charge is 2.56. The molecule has 0 aromatic heterocycles. The Labute approximate surface area is 121 Å². The third kappa shape index (κ3) is 2.53. The Hall–Kier alpha value is -0.810. The van der Waals surface area contributed by atoms with Gasteiger partial charge in [-0.3, -0.25) is 4.90 Å². The summed E-state index contributed by atoms with van der Waals surface area (Å²) in [6.45, 7) is 11.7. The van der Waals surface area contributed by atoms with E-state index in [0.29, 0.717) is 6.04 Å². The molecule has 2 aliphatic heterocycles. The van der Waals surface area contributed by atoms with Gasteiger partial charge >= 0.3 is 6.09 Å². The van der Waals surface area contributed by atoms with Crippen LogP contribution in [0, 0.1) is 0 Å². The van der Waals surface area contributed by atoms with Crippen molar-refractivity contribution in [1.29, 1.82) is 0 Å². The first kappa shape index (κ1) is 14.1. The van der Waals surface area contributed by atoms with Crippen LogP contribution in [0.3, 0.4) is 0 Å². The number of hydrogen-bond acceptors (Lipinski definition) is 4. The van der Waals surface area contributed by atoms with E-state index in [9.17, 15) is 4.79 Å². The van der Waals surface area contributed by atoms with Gasteiger partial charge in [0.15, 0.2) is 0 Å². The van der Waals surface area contributed by atoms with Gasteiger partial charge < -0.3 is 15.0 Å². The summed E-state index contributed by atoms with van der Waals surface area (Å²) >= 11 is 0. The van der Waals surface area contributed by atoms with E-state index in [1.807, 2.05) is 25.7 Å². The fraction of sp³-hybridized carbons (Fsp3) is 0.933. The van der Waals surface area contributed by atoms with Crippen LogP contribution in [0.1, 0.15) is 40.5 Å². The molecule has 5 heteroatoms. The summed E-state index contributed by atoms with van der Waals surface area (Å²) in [5.41, 5.74) is -0.260. The van der Waals surface area contributed by atoms with Gasteiger partial charge in [0.25, 0.3) is 0 Å². The monoisotopic (exact) mass is 281 g/mol. The predicted molar refractivity (Wildman–Crippen MR) is 77.7 cm³/mol. The van der Waals surface area contributed by atoms with Crippen LogP contribution in [0.25, 0.3) is 0 Å². The van der Waals surface area contributed by atoms with Crippen molar-refractivity contribution < 1.29 is 9.53 Å². The summed E-state index contributed by atoms with van der Waals surface area (Å²) in [7, 11) is 0. The smallest absolute Gasteiger partial charge is 0.410 e. The van der Waals surface area contributed by atoms with E-state index >= 15 is 0 Å². The minimum atomic E-state index is -0.409. The molecule has 5 nitrogen and oxygen atoms in total. The van der Waals surface area contributed by atoms with Crippen LogP contribution in [0.5, 0.6) is 0 Å². The molecule has 0 aromatic carbocycles. The van der Waals surface area contributed by atoms with Gasteiger partial charge in [-0.15, -0.1) is 0 Å². The molecule has 20 heavy (non-hydrogen) atoms. The molecule has 0 unspecified atom stereocenters. The molecule has 2 heterocycles. The fourth-order valence-electron chi connectivity index (χ4n) is 3.67. The van der Waals surface area contributed by atoms with Gasteiger partial charge in [0, 0.05) is 38.3 Å². The third-order valence-electron chi connectivity index (χ3n) is 4.48. The normalized spacial score (nSPS) is 30.2. The molecule has 2 saturated heterocycles. The van der Waals surface area contributed by atoms with Crippen LogP contribution in [0.2, 0.25) is 0 Å². The molecular formula is C15H27N3O2. The summed E-state index contributed by atoms with van der Waals surface area (Å²) in [6, 6.07) is 1.31. The van der Waals surface area contributed by atoms with E-state index in [1.54, 1.807) is 0 Å². The largest absolute Gasteiger partial charge is 0.444 e. The molecule has 0 bridgehead atoms. The van der Waals surface area contributed by atoms with E-state index in [2.05, 4.69) is 17.1 Å². The average molecular weight is 281 g/mol. The molecule has 3 aliphatic rings. The van der Waals surface area contributed by atoms with Crippen molar-refractivity contribution >= 4 is 6.09 Å². The lowest BCUT2D eigenvalue weighted by Gasteiger charge is -2.60. The summed E-state index contributed by atoms with van der Waals surface area (Å²) < 4.78 is 5.46. The second kappa shape index (κ2) is 4.60. The summed E-state index contributed by atoms with van der Waals surface area (Å²) in [6.07, 6.45) is 2.47. The number of carbonyl (C=O) groups excluding carboxylic acids is 1. The van der Waals surface area contributed by atoms with E-state index in [1.165, 1.54) is 12.8 Å². The number of likely N-dealkylation sites (tertiary alicyclic amines) is 1. The molecule has 1 amide bonds.